The second-order valence-corrected chi connectivity index (χ2v) is 12.6. The molecular weight excluding hydrogens is 583 g/mol. The van der Waals surface area contributed by atoms with Crippen LogP contribution in [0.25, 0.3) is 44.8 Å². The molecule has 0 radical (unpaired) electrons. The van der Waals surface area contributed by atoms with Crippen molar-refractivity contribution < 1.29 is 19.0 Å². The molecular formula is C33H34ClFN6O3. The number of imidazole rings is 1. The zero-order chi connectivity index (χ0) is 30.9. The van der Waals surface area contributed by atoms with Gasteiger partial charge in [0.15, 0.2) is 5.82 Å². The van der Waals surface area contributed by atoms with Gasteiger partial charge in [-0.05, 0) is 80.1 Å². The summed E-state index contributed by atoms with van der Waals surface area (Å²) < 4.78 is 24.2. The Morgan fingerprint density at radius 1 is 1.16 bits per heavy atom. The van der Waals surface area contributed by atoms with Crippen LogP contribution in [-0.2, 0) is 13.6 Å². The highest BCUT2D eigenvalue weighted by Gasteiger charge is 2.30. The van der Waals surface area contributed by atoms with Gasteiger partial charge in [0.05, 0.1) is 35.6 Å². The van der Waals surface area contributed by atoms with Crippen molar-refractivity contribution in [1.82, 2.24) is 24.0 Å². The highest BCUT2D eigenvalue weighted by molar-refractivity contribution is 6.32. The molecule has 7 rings (SSSR count). The SMILES string of the molecule is COc1cc(C(=O)N2C[C@H](N)C[C@@H](F)C2)cc2nc(-c3cc4ccc(-c5cc(Cl)c(O)cc5C)nc4n3CC3CC3)n(C)c12. The molecule has 0 spiro atoms. The number of rotatable bonds is 6. The highest BCUT2D eigenvalue weighted by atomic mass is 35.5. The van der Waals surface area contributed by atoms with Gasteiger partial charge < -0.3 is 29.6 Å². The minimum atomic E-state index is -1.15. The molecule has 3 N–H and O–H groups in total. The van der Waals surface area contributed by atoms with Crippen LogP contribution in [0.15, 0.2) is 42.5 Å². The lowest BCUT2D eigenvalue weighted by Crippen LogP contribution is -2.50. The number of carbonyl (C=O) groups excluding carboxylic acids is 1. The highest BCUT2D eigenvalue weighted by Crippen LogP contribution is 2.39. The fourth-order valence-electron chi connectivity index (χ4n) is 6.39. The summed E-state index contributed by atoms with van der Waals surface area (Å²) in [5, 5.41) is 11.3. The predicted molar refractivity (Wildman–Crippen MR) is 169 cm³/mol. The maximum atomic E-state index is 14.3. The van der Waals surface area contributed by atoms with Crippen molar-refractivity contribution in [2.75, 3.05) is 20.2 Å². The molecule has 2 fully saturated rings. The zero-order valence-corrected chi connectivity index (χ0v) is 25.6. The first-order valence-electron chi connectivity index (χ1n) is 14.8. The van der Waals surface area contributed by atoms with Crippen LogP contribution in [0.5, 0.6) is 11.5 Å². The summed E-state index contributed by atoms with van der Waals surface area (Å²) >= 11 is 6.26. The standard InChI is InChI=1S/C33H34ClFN6O3/c1-17-8-28(42)24(34)13-23(17)25-7-6-19-10-27(41(31(19)37-25)14-18-4-5-18)32-38-26-9-20(11-29(44-3)30(26)39(32)2)33(43)40-15-21(35)12-22(36)16-40/h6-11,13,18,21-22,42H,4-5,12,14-16,36H2,1-3H3/t21-,22-/m1/s1. The fourth-order valence-corrected chi connectivity index (χ4v) is 6.55. The van der Waals surface area contributed by atoms with E-state index in [1.165, 1.54) is 4.90 Å². The van der Waals surface area contributed by atoms with E-state index in [2.05, 4.69) is 10.6 Å². The Kier molecular flexibility index (Phi) is 7.01. The Hall–Kier alpha value is -4.15. The summed E-state index contributed by atoms with van der Waals surface area (Å²) in [4.78, 5) is 25.1. The Bertz CT molecular complexity index is 1940. The summed E-state index contributed by atoms with van der Waals surface area (Å²) in [6.07, 6.45) is 1.43. The minimum Gasteiger partial charge on any atom is -0.506 e. The summed E-state index contributed by atoms with van der Waals surface area (Å²) in [5.74, 6) is 1.54. The van der Waals surface area contributed by atoms with Gasteiger partial charge in [-0.1, -0.05) is 11.6 Å². The molecule has 5 aromatic rings. The van der Waals surface area contributed by atoms with Crippen LogP contribution in [0.4, 0.5) is 4.39 Å². The number of alkyl halides is 1. The van der Waals surface area contributed by atoms with Crippen molar-refractivity contribution in [2.45, 2.75) is 44.9 Å². The summed E-state index contributed by atoms with van der Waals surface area (Å²) in [6.45, 7) is 3.05. The van der Waals surface area contributed by atoms with E-state index in [0.29, 0.717) is 29.3 Å². The molecule has 0 bridgehead atoms. The Balaban J connectivity index is 1.35. The lowest BCUT2D eigenvalue weighted by molar-refractivity contribution is 0.0606. The molecule has 1 amide bonds. The first kappa shape index (κ1) is 28.6. The number of aromatic nitrogens is 4. The molecule has 2 aliphatic rings. The number of amides is 1. The van der Waals surface area contributed by atoms with Crippen molar-refractivity contribution in [3.05, 3.63) is 58.6 Å². The van der Waals surface area contributed by atoms with E-state index in [1.54, 1.807) is 31.4 Å². The number of likely N-dealkylation sites (tertiary alicyclic amines) is 1. The van der Waals surface area contributed by atoms with E-state index < -0.39 is 12.2 Å². The monoisotopic (exact) mass is 616 g/mol. The van der Waals surface area contributed by atoms with Gasteiger partial charge in [0, 0.05) is 42.7 Å². The van der Waals surface area contributed by atoms with Crippen LogP contribution < -0.4 is 10.5 Å². The zero-order valence-electron chi connectivity index (χ0n) is 24.8. The Morgan fingerprint density at radius 2 is 1.95 bits per heavy atom. The molecule has 1 saturated heterocycles. The number of methoxy groups -OCH3 is 1. The number of nitrogens with zero attached hydrogens (tertiary/aromatic N) is 5. The lowest BCUT2D eigenvalue weighted by atomic mass is 10.0. The fraction of sp³-hybridized carbons (Fsp3) is 0.364. The molecule has 2 aromatic carbocycles. The number of benzene rings is 2. The molecule has 2 atom stereocenters. The van der Waals surface area contributed by atoms with E-state index in [-0.39, 0.29) is 29.6 Å². The van der Waals surface area contributed by atoms with E-state index in [9.17, 15) is 14.3 Å². The quantitative estimate of drug-likeness (QED) is 0.247. The molecule has 9 nitrogen and oxygen atoms in total. The van der Waals surface area contributed by atoms with Crippen molar-refractivity contribution in [3.63, 3.8) is 0 Å². The number of pyridine rings is 1. The van der Waals surface area contributed by atoms with Crippen LogP contribution in [0, 0.1) is 12.8 Å². The van der Waals surface area contributed by atoms with Gasteiger partial charge in [-0.3, -0.25) is 4.79 Å². The van der Waals surface area contributed by atoms with Crippen LogP contribution in [0.1, 0.15) is 35.2 Å². The van der Waals surface area contributed by atoms with Gasteiger partial charge >= 0.3 is 0 Å². The topological polar surface area (TPSA) is 111 Å². The molecule has 0 unspecified atom stereocenters. The maximum Gasteiger partial charge on any atom is 0.254 e. The third-order valence-electron chi connectivity index (χ3n) is 8.80. The van der Waals surface area contributed by atoms with Gasteiger partial charge in [0.1, 0.15) is 28.8 Å². The minimum absolute atomic E-state index is 0.0203. The number of aromatic hydroxyl groups is 1. The molecule has 1 aliphatic heterocycles. The van der Waals surface area contributed by atoms with Crippen LogP contribution >= 0.6 is 11.6 Å². The largest absolute Gasteiger partial charge is 0.506 e. The van der Waals surface area contributed by atoms with Gasteiger partial charge in [-0.2, -0.15) is 0 Å². The first-order chi connectivity index (χ1) is 21.1. The lowest BCUT2D eigenvalue weighted by Gasteiger charge is -2.33. The van der Waals surface area contributed by atoms with E-state index in [0.717, 1.165) is 64.3 Å². The smallest absolute Gasteiger partial charge is 0.254 e. The average Bonchev–Trinajstić information content (AvgIpc) is 3.66. The molecule has 1 saturated carbocycles. The van der Waals surface area contributed by atoms with E-state index >= 15 is 0 Å². The number of ether oxygens (including phenoxy) is 1. The normalized spacial score (nSPS) is 18.8. The molecule has 228 valence electrons. The van der Waals surface area contributed by atoms with Gasteiger partial charge in [-0.25, -0.2) is 14.4 Å². The number of halogens is 2. The Morgan fingerprint density at radius 3 is 2.68 bits per heavy atom. The number of piperidine rings is 1. The number of hydrogen-bond donors (Lipinski definition) is 2. The van der Waals surface area contributed by atoms with Crippen LogP contribution in [-0.4, -0.2) is 67.4 Å². The van der Waals surface area contributed by atoms with Crippen molar-refractivity contribution in [2.24, 2.45) is 18.7 Å². The van der Waals surface area contributed by atoms with Crippen LogP contribution in [0.3, 0.4) is 0 Å². The van der Waals surface area contributed by atoms with Gasteiger partial charge in [0.2, 0.25) is 0 Å². The molecule has 1 aliphatic carbocycles. The number of aryl methyl sites for hydroxylation is 2. The van der Waals surface area contributed by atoms with Crippen molar-refractivity contribution in [3.8, 4) is 34.3 Å². The first-order valence-corrected chi connectivity index (χ1v) is 15.2. The number of phenols is 1. The number of nitrogens with two attached hydrogens (primary N) is 1. The molecule has 11 heteroatoms. The summed E-state index contributed by atoms with van der Waals surface area (Å²) in [5.41, 5.74) is 12.0. The van der Waals surface area contributed by atoms with Gasteiger partial charge in [-0.15, -0.1) is 0 Å². The van der Waals surface area contributed by atoms with Crippen LogP contribution in [0.2, 0.25) is 5.02 Å². The molecule has 4 heterocycles. The summed E-state index contributed by atoms with van der Waals surface area (Å²) in [6, 6.07) is 12.6. The molecule has 44 heavy (non-hydrogen) atoms. The third-order valence-corrected chi connectivity index (χ3v) is 9.10. The van der Waals surface area contributed by atoms with Gasteiger partial charge in [0.25, 0.3) is 5.91 Å². The maximum absolute atomic E-state index is 14.3. The van der Waals surface area contributed by atoms with E-state index in [1.807, 2.05) is 30.7 Å². The summed E-state index contributed by atoms with van der Waals surface area (Å²) in [7, 11) is 3.50. The molecule has 3 aromatic heterocycles. The average molecular weight is 617 g/mol. The number of fused-ring (bicyclic) bond motifs is 2. The number of hydrogen-bond acceptors (Lipinski definition) is 6. The van der Waals surface area contributed by atoms with Crippen molar-refractivity contribution >= 4 is 39.6 Å². The van der Waals surface area contributed by atoms with Crippen molar-refractivity contribution in [1.29, 1.82) is 0 Å². The number of carbonyl (C=O) groups is 1. The second-order valence-electron chi connectivity index (χ2n) is 12.2. The van der Waals surface area contributed by atoms with E-state index in [4.69, 9.17) is 32.0 Å². The number of phenolic OH excluding ortho intramolecular Hbond substituents is 1. The predicted octanol–water partition coefficient (Wildman–Crippen LogP) is 5.85. The third kappa shape index (κ3) is 4.95. The second kappa shape index (κ2) is 10.8. The Labute approximate surface area is 259 Å².